The van der Waals surface area contributed by atoms with Crippen molar-refractivity contribution in [3.63, 3.8) is 0 Å². The van der Waals surface area contributed by atoms with Crippen LogP contribution in [0.4, 0.5) is 0 Å². The normalized spacial score (nSPS) is 23.3. The van der Waals surface area contributed by atoms with Gasteiger partial charge in [-0.05, 0) is 34.0 Å². The van der Waals surface area contributed by atoms with E-state index in [1.54, 1.807) is 0 Å². The van der Waals surface area contributed by atoms with Gasteiger partial charge in [0.15, 0.2) is 0 Å². The van der Waals surface area contributed by atoms with E-state index in [-0.39, 0.29) is 0 Å². The molecule has 3 rings (SSSR count). The quantitative estimate of drug-likeness (QED) is 0.862. The first-order chi connectivity index (χ1) is 10.3. The molecule has 2 unspecified atom stereocenters. The van der Waals surface area contributed by atoms with Gasteiger partial charge >= 0.3 is 0 Å². The van der Waals surface area contributed by atoms with Crippen molar-refractivity contribution in [3.8, 4) is 0 Å². The molecule has 1 aromatic carbocycles. The van der Waals surface area contributed by atoms with E-state index < -0.39 is 0 Å². The molecule has 1 saturated heterocycles. The fraction of sp³-hybridized carbons (Fsp3) is 0.412. The summed E-state index contributed by atoms with van der Waals surface area (Å²) >= 11 is 5.40. The molecule has 1 aliphatic heterocycles. The maximum atomic E-state index is 3.71. The van der Waals surface area contributed by atoms with Crippen molar-refractivity contribution in [2.45, 2.75) is 32.0 Å². The first-order valence-electron chi connectivity index (χ1n) is 7.51. The van der Waals surface area contributed by atoms with E-state index in [0.29, 0.717) is 12.1 Å². The van der Waals surface area contributed by atoms with Crippen LogP contribution in [-0.2, 0) is 6.54 Å². The van der Waals surface area contributed by atoms with Gasteiger partial charge in [0.2, 0.25) is 0 Å². The molecule has 2 atom stereocenters. The molecule has 0 saturated carbocycles. The molecule has 2 heterocycles. The average molecular weight is 365 g/mol. The van der Waals surface area contributed by atoms with Crippen LogP contribution in [0.25, 0.3) is 0 Å². The van der Waals surface area contributed by atoms with Gasteiger partial charge in [-0.1, -0.05) is 37.3 Å². The minimum Gasteiger partial charge on any atom is -0.307 e. The summed E-state index contributed by atoms with van der Waals surface area (Å²) in [6.07, 6.45) is 1.20. The molecule has 0 amide bonds. The lowest BCUT2D eigenvalue weighted by molar-refractivity contribution is 0.120. The molecule has 0 spiro atoms. The van der Waals surface area contributed by atoms with E-state index in [1.165, 1.54) is 21.3 Å². The number of rotatable bonds is 4. The molecule has 0 radical (unpaired) electrons. The maximum Gasteiger partial charge on any atom is 0.0450 e. The predicted molar refractivity (Wildman–Crippen MR) is 93.7 cm³/mol. The summed E-state index contributed by atoms with van der Waals surface area (Å²) in [5, 5.41) is 5.88. The average Bonchev–Trinajstić information content (AvgIpc) is 2.93. The van der Waals surface area contributed by atoms with Gasteiger partial charge in [-0.15, -0.1) is 11.3 Å². The third kappa shape index (κ3) is 3.75. The molecule has 0 bridgehead atoms. The van der Waals surface area contributed by atoms with Crippen molar-refractivity contribution in [1.29, 1.82) is 0 Å². The Kier molecular flexibility index (Phi) is 5.11. The van der Waals surface area contributed by atoms with Crippen LogP contribution < -0.4 is 5.32 Å². The molecule has 1 N–H and O–H groups in total. The Balaban J connectivity index is 1.72. The van der Waals surface area contributed by atoms with E-state index in [9.17, 15) is 0 Å². The lowest BCUT2D eigenvalue weighted by atomic mass is 10.0. The minimum atomic E-state index is 0.442. The zero-order valence-electron chi connectivity index (χ0n) is 12.3. The van der Waals surface area contributed by atoms with Crippen LogP contribution >= 0.6 is 27.3 Å². The lowest BCUT2D eigenvalue weighted by Gasteiger charge is -2.40. The molecule has 0 aliphatic carbocycles. The molecule has 2 aromatic rings. The van der Waals surface area contributed by atoms with E-state index in [0.717, 1.165) is 19.6 Å². The number of halogens is 1. The van der Waals surface area contributed by atoms with Crippen LogP contribution in [0.2, 0.25) is 0 Å². The van der Waals surface area contributed by atoms with Gasteiger partial charge in [0.1, 0.15) is 0 Å². The van der Waals surface area contributed by atoms with Crippen LogP contribution in [0.5, 0.6) is 0 Å². The lowest BCUT2D eigenvalue weighted by Crippen LogP contribution is -2.51. The SMILES string of the molecule is CCC1CNC(c2ccccc2)CN1Cc1cc(Br)cs1. The molecular formula is C17H21BrN2S. The fourth-order valence-electron chi connectivity index (χ4n) is 3.00. The smallest absolute Gasteiger partial charge is 0.0450 e. The Hall–Kier alpha value is -0.680. The molecule has 1 aromatic heterocycles. The summed E-state index contributed by atoms with van der Waals surface area (Å²) in [5.74, 6) is 0. The highest BCUT2D eigenvalue weighted by atomic mass is 79.9. The second-order valence-corrected chi connectivity index (χ2v) is 7.51. The predicted octanol–water partition coefficient (Wildman–Crippen LogP) is 4.44. The standard InChI is InChI=1S/C17H21BrN2S/c1-2-15-9-19-17(13-6-4-3-5-7-13)11-20(15)10-16-8-14(18)12-21-16/h3-8,12,15,17,19H,2,9-11H2,1H3. The summed E-state index contributed by atoms with van der Waals surface area (Å²) in [6, 6.07) is 14.1. The maximum absolute atomic E-state index is 3.71. The van der Waals surface area contributed by atoms with E-state index in [2.05, 4.69) is 74.8 Å². The van der Waals surface area contributed by atoms with Gasteiger partial charge in [-0.2, -0.15) is 0 Å². The Bertz CT molecular complexity index is 569. The highest BCUT2D eigenvalue weighted by Gasteiger charge is 2.27. The van der Waals surface area contributed by atoms with E-state index in [4.69, 9.17) is 0 Å². The zero-order chi connectivity index (χ0) is 14.7. The van der Waals surface area contributed by atoms with Gasteiger partial charge in [-0.25, -0.2) is 0 Å². The molecule has 4 heteroatoms. The van der Waals surface area contributed by atoms with Crippen LogP contribution in [-0.4, -0.2) is 24.0 Å². The van der Waals surface area contributed by atoms with Crippen molar-refractivity contribution in [2.24, 2.45) is 0 Å². The number of hydrogen-bond donors (Lipinski definition) is 1. The van der Waals surface area contributed by atoms with E-state index >= 15 is 0 Å². The van der Waals surface area contributed by atoms with Gasteiger partial charge in [0.05, 0.1) is 0 Å². The zero-order valence-corrected chi connectivity index (χ0v) is 14.7. The van der Waals surface area contributed by atoms with Crippen LogP contribution in [0.3, 0.4) is 0 Å². The third-order valence-corrected chi connectivity index (χ3v) is 5.87. The number of hydrogen-bond acceptors (Lipinski definition) is 3. The Morgan fingerprint density at radius 1 is 1.33 bits per heavy atom. The van der Waals surface area contributed by atoms with Crippen molar-refractivity contribution < 1.29 is 0 Å². The largest absolute Gasteiger partial charge is 0.307 e. The van der Waals surface area contributed by atoms with E-state index in [1.807, 2.05) is 11.3 Å². The summed E-state index contributed by atoms with van der Waals surface area (Å²) in [5.41, 5.74) is 1.39. The Morgan fingerprint density at radius 2 is 2.14 bits per heavy atom. The number of thiophene rings is 1. The number of nitrogens with zero attached hydrogens (tertiary/aromatic N) is 1. The van der Waals surface area contributed by atoms with Crippen molar-refractivity contribution in [3.05, 3.63) is 56.7 Å². The molecule has 1 fully saturated rings. The van der Waals surface area contributed by atoms with Crippen molar-refractivity contribution >= 4 is 27.3 Å². The highest BCUT2D eigenvalue weighted by molar-refractivity contribution is 9.10. The Labute approximate surface area is 139 Å². The number of benzene rings is 1. The first-order valence-corrected chi connectivity index (χ1v) is 9.19. The van der Waals surface area contributed by atoms with Gasteiger partial charge in [0.25, 0.3) is 0 Å². The topological polar surface area (TPSA) is 15.3 Å². The summed E-state index contributed by atoms with van der Waals surface area (Å²) in [7, 11) is 0. The summed E-state index contributed by atoms with van der Waals surface area (Å²) in [4.78, 5) is 4.07. The molecule has 112 valence electrons. The molecule has 1 aliphatic rings. The monoisotopic (exact) mass is 364 g/mol. The Morgan fingerprint density at radius 3 is 2.81 bits per heavy atom. The minimum absolute atomic E-state index is 0.442. The number of nitrogens with one attached hydrogen (secondary N) is 1. The molecule has 21 heavy (non-hydrogen) atoms. The van der Waals surface area contributed by atoms with Crippen molar-refractivity contribution in [1.82, 2.24) is 10.2 Å². The van der Waals surface area contributed by atoms with Crippen LogP contribution in [0, 0.1) is 0 Å². The van der Waals surface area contributed by atoms with Crippen LogP contribution in [0.15, 0.2) is 46.3 Å². The van der Waals surface area contributed by atoms with Gasteiger partial charge in [-0.3, -0.25) is 4.90 Å². The second kappa shape index (κ2) is 7.05. The summed E-state index contributed by atoms with van der Waals surface area (Å²) < 4.78 is 1.20. The summed E-state index contributed by atoms with van der Waals surface area (Å²) in [6.45, 7) is 5.49. The van der Waals surface area contributed by atoms with Gasteiger partial charge in [0, 0.05) is 46.4 Å². The fourth-order valence-corrected chi connectivity index (χ4v) is 4.47. The van der Waals surface area contributed by atoms with Crippen LogP contribution in [0.1, 0.15) is 29.8 Å². The van der Waals surface area contributed by atoms with Crippen molar-refractivity contribution in [2.75, 3.05) is 13.1 Å². The number of piperazine rings is 1. The van der Waals surface area contributed by atoms with Gasteiger partial charge < -0.3 is 5.32 Å². The molecule has 2 nitrogen and oxygen atoms in total. The second-order valence-electron chi connectivity index (χ2n) is 5.59. The third-order valence-electron chi connectivity index (χ3n) is 4.19. The molecular weight excluding hydrogens is 344 g/mol. The first kappa shape index (κ1) is 15.2. The highest BCUT2D eigenvalue weighted by Crippen LogP contribution is 2.26.